The number of amides is 1. The molecule has 1 atom stereocenters. The molecule has 0 aliphatic carbocycles. The van der Waals surface area contributed by atoms with E-state index in [4.69, 9.17) is 4.74 Å². The molecule has 0 radical (unpaired) electrons. The van der Waals surface area contributed by atoms with Crippen LogP contribution in [0.3, 0.4) is 0 Å². The van der Waals surface area contributed by atoms with Crippen LogP contribution in [0.25, 0.3) is 5.65 Å². The summed E-state index contributed by atoms with van der Waals surface area (Å²) in [6, 6.07) is 3.84. The molecule has 2 aromatic heterocycles. The Bertz CT molecular complexity index is 781. The van der Waals surface area contributed by atoms with Crippen LogP contribution in [0.4, 0.5) is 0 Å². The molecular weight excluding hydrogens is 310 g/mol. The van der Waals surface area contributed by atoms with E-state index in [0.717, 1.165) is 5.56 Å². The van der Waals surface area contributed by atoms with Gasteiger partial charge in [-0.3, -0.25) is 9.59 Å². The maximum Gasteiger partial charge on any atom is 0.313 e. The third-order valence-electron chi connectivity index (χ3n) is 4.57. The fourth-order valence-corrected chi connectivity index (χ4v) is 3.28. The van der Waals surface area contributed by atoms with Gasteiger partial charge in [0, 0.05) is 32.6 Å². The number of carboxylic acid groups (broad SMARTS) is 1. The SMILES string of the molecule is COCC1(C(=O)O)CCCN(C(=O)c2cn3ccc(C)cc3n2)C1. The van der Waals surface area contributed by atoms with Gasteiger partial charge in [-0.05, 0) is 37.5 Å². The average molecular weight is 331 g/mol. The molecule has 1 aliphatic heterocycles. The van der Waals surface area contributed by atoms with E-state index in [1.165, 1.54) is 7.11 Å². The highest BCUT2D eigenvalue weighted by atomic mass is 16.5. The third-order valence-corrected chi connectivity index (χ3v) is 4.57. The van der Waals surface area contributed by atoms with Gasteiger partial charge in [0.25, 0.3) is 5.91 Å². The lowest BCUT2D eigenvalue weighted by molar-refractivity contribution is -0.155. The van der Waals surface area contributed by atoms with Crippen LogP contribution in [-0.2, 0) is 9.53 Å². The van der Waals surface area contributed by atoms with Gasteiger partial charge < -0.3 is 19.1 Å². The van der Waals surface area contributed by atoms with Gasteiger partial charge >= 0.3 is 5.97 Å². The van der Waals surface area contributed by atoms with Crippen molar-refractivity contribution in [2.75, 3.05) is 26.8 Å². The lowest BCUT2D eigenvalue weighted by Gasteiger charge is -2.39. The van der Waals surface area contributed by atoms with Crippen molar-refractivity contribution < 1.29 is 19.4 Å². The number of pyridine rings is 1. The normalized spacial score (nSPS) is 21.2. The quantitative estimate of drug-likeness (QED) is 0.920. The number of nitrogens with zero attached hydrogens (tertiary/aromatic N) is 3. The Kier molecular flexibility index (Phi) is 4.28. The Morgan fingerprint density at radius 1 is 1.46 bits per heavy atom. The number of carbonyl (C=O) groups excluding carboxylic acids is 1. The number of carboxylic acids is 1. The topological polar surface area (TPSA) is 84.1 Å². The molecule has 128 valence electrons. The first-order valence-electron chi connectivity index (χ1n) is 7.92. The first-order valence-corrected chi connectivity index (χ1v) is 7.92. The van der Waals surface area contributed by atoms with Crippen molar-refractivity contribution in [2.24, 2.45) is 5.41 Å². The Morgan fingerprint density at radius 3 is 2.96 bits per heavy atom. The van der Waals surface area contributed by atoms with E-state index in [0.29, 0.717) is 30.7 Å². The summed E-state index contributed by atoms with van der Waals surface area (Å²) in [6.45, 7) is 2.73. The molecule has 0 bridgehead atoms. The minimum atomic E-state index is -1.04. The minimum absolute atomic E-state index is 0.0937. The van der Waals surface area contributed by atoms with Crippen molar-refractivity contribution in [3.05, 3.63) is 35.8 Å². The van der Waals surface area contributed by atoms with Crippen LogP contribution in [0.1, 0.15) is 28.9 Å². The van der Waals surface area contributed by atoms with Crippen LogP contribution in [-0.4, -0.2) is 58.1 Å². The van der Waals surface area contributed by atoms with Crippen LogP contribution in [0.15, 0.2) is 24.5 Å². The van der Waals surface area contributed by atoms with Gasteiger partial charge in [-0.25, -0.2) is 4.98 Å². The number of aryl methyl sites for hydroxylation is 1. The Balaban J connectivity index is 1.86. The molecular formula is C17H21N3O4. The number of aliphatic carboxylic acids is 1. The van der Waals surface area contributed by atoms with Gasteiger partial charge in [-0.2, -0.15) is 0 Å². The summed E-state index contributed by atoms with van der Waals surface area (Å²) in [5.41, 5.74) is 1.06. The number of fused-ring (bicyclic) bond motifs is 1. The molecule has 7 nitrogen and oxygen atoms in total. The predicted molar refractivity (Wildman–Crippen MR) is 87.0 cm³/mol. The number of carbonyl (C=O) groups is 2. The summed E-state index contributed by atoms with van der Waals surface area (Å²) in [5, 5.41) is 9.60. The molecule has 1 aliphatic rings. The molecule has 3 heterocycles. The van der Waals surface area contributed by atoms with Crippen LogP contribution in [0, 0.1) is 12.3 Å². The molecule has 0 saturated carbocycles. The van der Waals surface area contributed by atoms with E-state index in [9.17, 15) is 14.7 Å². The van der Waals surface area contributed by atoms with Gasteiger partial charge in [-0.15, -0.1) is 0 Å². The summed E-state index contributed by atoms with van der Waals surface area (Å²) in [6.07, 6.45) is 4.68. The zero-order valence-electron chi connectivity index (χ0n) is 13.9. The largest absolute Gasteiger partial charge is 0.481 e. The minimum Gasteiger partial charge on any atom is -0.481 e. The highest BCUT2D eigenvalue weighted by Gasteiger charge is 2.44. The Labute approximate surface area is 139 Å². The van der Waals surface area contributed by atoms with Gasteiger partial charge in [0.05, 0.1) is 6.61 Å². The molecule has 1 amide bonds. The second kappa shape index (κ2) is 6.24. The van der Waals surface area contributed by atoms with Gasteiger partial charge in [0.1, 0.15) is 16.8 Å². The number of imidazole rings is 1. The zero-order chi connectivity index (χ0) is 17.3. The number of aromatic nitrogens is 2. The van der Waals surface area contributed by atoms with E-state index >= 15 is 0 Å². The molecule has 3 rings (SSSR count). The lowest BCUT2D eigenvalue weighted by atomic mass is 9.80. The molecule has 7 heteroatoms. The Hall–Kier alpha value is -2.41. The predicted octanol–water partition coefficient (Wildman–Crippen LogP) is 1.60. The second-order valence-corrected chi connectivity index (χ2v) is 6.44. The van der Waals surface area contributed by atoms with Crippen molar-refractivity contribution in [1.82, 2.24) is 14.3 Å². The van der Waals surface area contributed by atoms with Crippen molar-refractivity contribution in [2.45, 2.75) is 19.8 Å². The van der Waals surface area contributed by atoms with Crippen LogP contribution < -0.4 is 0 Å². The summed E-state index contributed by atoms with van der Waals surface area (Å²) in [5.74, 6) is -1.16. The fourth-order valence-electron chi connectivity index (χ4n) is 3.28. The maximum absolute atomic E-state index is 12.8. The van der Waals surface area contributed by atoms with E-state index in [1.54, 1.807) is 15.5 Å². The van der Waals surface area contributed by atoms with Crippen LogP contribution in [0.5, 0.6) is 0 Å². The van der Waals surface area contributed by atoms with E-state index in [2.05, 4.69) is 4.98 Å². The van der Waals surface area contributed by atoms with Crippen LogP contribution >= 0.6 is 0 Å². The first kappa shape index (κ1) is 16.4. The van der Waals surface area contributed by atoms with Gasteiger partial charge in [-0.1, -0.05) is 0 Å². The number of hydrogen-bond donors (Lipinski definition) is 1. The zero-order valence-corrected chi connectivity index (χ0v) is 13.9. The number of rotatable bonds is 4. The number of likely N-dealkylation sites (tertiary alicyclic amines) is 1. The summed E-state index contributed by atoms with van der Waals surface area (Å²) < 4.78 is 6.90. The maximum atomic E-state index is 12.8. The molecule has 1 saturated heterocycles. The molecule has 1 N–H and O–H groups in total. The van der Waals surface area contributed by atoms with E-state index in [-0.39, 0.29) is 19.1 Å². The molecule has 1 fully saturated rings. The standard InChI is InChI=1S/C17H21N3O4/c1-12-4-7-19-9-13(18-14(19)8-12)15(21)20-6-3-5-17(10-20,11-24-2)16(22)23/h4,7-9H,3,5-6,10-11H2,1-2H3,(H,22,23). The number of methoxy groups -OCH3 is 1. The van der Waals surface area contributed by atoms with Crippen LogP contribution in [0.2, 0.25) is 0 Å². The Morgan fingerprint density at radius 2 is 2.25 bits per heavy atom. The molecule has 0 aromatic carbocycles. The number of hydrogen-bond acceptors (Lipinski definition) is 4. The molecule has 1 unspecified atom stereocenters. The third kappa shape index (κ3) is 2.87. The van der Waals surface area contributed by atoms with E-state index < -0.39 is 11.4 Å². The number of piperidine rings is 1. The second-order valence-electron chi connectivity index (χ2n) is 6.44. The summed E-state index contributed by atoms with van der Waals surface area (Å²) in [4.78, 5) is 30.5. The molecule has 0 spiro atoms. The average Bonchev–Trinajstić information content (AvgIpc) is 2.97. The highest BCUT2D eigenvalue weighted by Crippen LogP contribution is 2.31. The smallest absolute Gasteiger partial charge is 0.313 e. The molecule has 2 aromatic rings. The van der Waals surface area contributed by atoms with Crippen molar-refractivity contribution in [3.8, 4) is 0 Å². The van der Waals surface area contributed by atoms with Crippen molar-refractivity contribution in [3.63, 3.8) is 0 Å². The first-order chi connectivity index (χ1) is 11.4. The van der Waals surface area contributed by atoms with Crippen molar-refractivity contribution in [1.29, 1.82) is 0 Å². The van der Waals surface area contributed by atoms with E-state index in [1.807, 2.05) is 25.3 Å². The highest BCUT2D eigenvalue weighted by molar-refractivity contribution is 5.93. The fraction of sp³-hybridized carbons (Fsp3) is 0.471. The molecule has 24 heavy (non-hydrogen) atoms. The monoisotopic (exact) mass is 331 g/mol. The number of ether oxygens (including phenoxy) is 1. The lowest BCUT2D eigenvalue weighted by Crippen LogP contribution is -2.52. The summed E-state index contributed by atoms with van der Waals surface area (Å²) >= 11 is 0. The summed E-state index contributed by atoms with van der Waals surface area (Å²) in [7, 11) is 1.48. The van der Waals surface area contributed by atoms with Gasteiger partial charge in [0.2, 0.25) is 0 Å². The van der Waals surface area contributed by atoms with Gasteiger partial charge in [0.15, 0.2) is 0 Å². The van der Waals surface area contributed by atoms with Crippen molar-refractivity contribution >= 4 is 17.5 Å².